The number of benzene rings is 5. The van der Waals surface area contributed by atoms with Crippen molar-refractivity contribution in [2.45, 2.75) is 39.5 Å². The number of rotatable bonds is 12. The molecule has 21 nitrogen and oxygen atoms in total. The third-order valence-electron chi connectivity index (χ3n) is 13.5. The Kier molecular flexibility index (Phi) is 30.6. The predicted molar refractivity (Wildman–Crippen MR) is 363 cm³/mol. The molecule has 1 aliphatic carbocycles. The second-order valence-electron chi connectivity index (χ2n) is 27.0. The Labute approximate surface area is 560 Å². The summed E-state index contributed by atoms with van der Waals surface area (Å²) in [5, 5.41) is 36.6. The van der Waals surface area contributed by atoms with Gasteiger partial charge in [0.1, 0.15) is 42.1 Å². The summed E-state index contributed by atoms with van der Waals surface area (Å²) in [6.45, 7) is 11.3. The molecule has 2 bridgehead atoms. The lowest BCUT2D eigenvalue weighted by Crippen LogP contribution is -2.34. The second-order valence-corrected chi connectivity index (χ2v) is 27.7. The number of quaternary nitrogens is 3. The molecule has 1 saturated heterocycles. The number of aryl methyl sites for hydroxylation is 4. The molecule has 4 aromatic rings. The maximum atomic E-state index is 13.7. The van der Waals surface area contributed by atoms with Gasteiger partial charge < -0.3 is 95.4 Å². The van der Waals surface area contributed by atoms with Gasteiger partial charge in [0, 0.05) is 67.3 Å². The van der Waals surface area contributed by atoms with Crippen LogP contribution in [0.1, 0.15) is 35.1 Å². The molecule has 514 valence electrons. The molecular formula is C70H100Cl2N6O15. The van der Waals surface area contributed by atoms with E-state index in [4.69, 9.17) is 65.5 Å². The lowest BCUT2D eigenvalue weighted by Gasteiger charge is -2.30. The number of aliphatic carboxylic acids is 2. The van der Waals surface area contributed by atoms with E-state index in [0.717, 1.165) is 36.0 Å². The molecule has 4 heterocycles. The molecule has 0 aromatic heterocycles. The summed E-state index contributed by atoms with van der Waals surface area (Å²) < 4.78 is 59.2. The van der Waals surface area contributed by atoms with Crippen molar-refractivity contribution in [3.05, 3.63) is 109 Å². The highest BCUT2D eigenvalue weighted by molar-refractivity contribution is 6.37. The Morgan fingerprint density at radius 3 is 1.40 bits per heavy atom. The molecule has 0 radical (unpaired) electrons. The number of carbonyl (C=O) groups excluding carboxylic acids is 2. The van der Waals surface area contributed by atoms with E-state index in [2.05, 4.69) is 111 Å². The normalized spacial score (nSPS) is 15.2. The number of carboxylic acids is 2. The predicted octanol–water partition coefficient (Wildman–Crippen LogP) is 6.59. The SMILES string of the molecule is COCCOc1cc(-c2c3cc(CCC(=O)[O-])c(=O)c(Cl)c-3oc3c(Cl)c([O-])c(CCC(=O)[O-])cc23)ccc1N1CCOc2cc(C)ccc2N2CCOCCOCCN(CCOCCOCC2)c2ccc(C)cc2OCC1.C[N+](C)(C)C.C[N+](C)(C)C.C[N+](C)(C)C. The van der Waals surface area contributed by atoms with Crippen molar-refractivity contribution in [1.29, 1.82) is 0 Å². The fourth-order valence-corrected chi connectivity index (χ4v) is 10.0. The van der Waals surface area contributed by atoms with E-state index >= 15 is 0 Å². The van der Waals surface area contributed by atoms with Crippen LogP contribution in [0.15, 0.2) is 75.9 Å². The van der Waals surface area contributed by atoms with Gasteiger partial charge in [0.05, 0.1) is 179 Å². The number of ether oxygens (including phenoxy) is 8. The first kappa shape index (κ1) is 77.1. The maximum absolute atomic E-state index is 13.7. The molecule has 0 atom stereocenters. The molecule has 9 rings (SSSR count). The zero-order valence-electron chi connectivity index (χ0n) is 57.5. The molecule has 5 aliphatic rings. The van der Waals surface area contributed by atoms with Gasteiger partial charge in [-0.15, -0.1) is 0 Å². The number of fused-ring (bicyclic) bond motifs is 22. The minimum atomic E-state index is -1.37. The lowest BCUT2D eigenvalue weighted by molar-refractivity contribution is -0.849. The van der Waals surface area contributed by atoms with Crippen molar-refractivity contribution in [3.63, 3.8) is 0 Å². The summed E-state index contributed by atoms with van der Waals surface area (Å²) >= 11 is 13.6. The highest BCUT2D eigenvalue weighted by atomic mass is 35.5. The van der Waals surface area contributed by atoms with Gasteiger partial charge in [-0.05, 0) is 105 Å². The molecule has 0 amide bonds. The van der Waals surface area contributed by atoms with E-state index in [9.17, 15) is 29.7 Å². The summed E-state index contributed by atoms with van der Waals surface area (Å²) in [5.74, 6) is -1.74. The molecule has 1 fully saturated rings. The topological polar surface area (TPSA) is 217 Å². The van der Waals surface area contributed by atoms with Crippen LogP contribution in [0.25, 0.3) is 33.4 Å². The van der Waals surface area contributed by atoms with Gasteiger partial charge in [-0.25, -0.2) is 0 Å². The number of carboxylic acid groups (broad SMARTS) is 2. The average Bonchev–Trinajstić information content (AvgIpc) is 0.732. The molecule has 23 heteroatoms. The first-order valence-electron chi connectivity index (χ1n) is 31.5. The molecule has 0 unspecified atom stereocenters. The Hall–Kier alpha value is -6.63. The highest BCUT2D eigenvalue weighted by Crippen LogP contribution is 2.48. The molecule has 0 saturated carbocycles. The number of carbonyl (C=O) groups is 2. The Bertz CT molecular complexity index is 3230. The molecule has 4 aliphatic heterocycles. The first-order chi connectivity index (χ1) is 43.8. The maximum Gasteiger partial charge on any atom is 0.204 e. The first-order valence-corrected chi connectivity index (χ1v) is 32.2. The van der Waals surface area contributed by atoms with E-state index in [1.807, 2.05) is 50.2 Å². The number of hydrogen-bond acceptors (Lipinski definition) is 18. The average molecular weight is 1340 g/mol. The third kappa shape index (κ3) is 26.6. The fraction of sp³-hybridized carbons (Fsp3) is 0.529. The zero-order chi connectivity index (χ0) is 68.6. The lowest BCUT2D eigenvalue weighted by atomic mass is 9.90. The molecular weight excluding hydrogens is 1240 g/mol. The van der Waals surface area contributed by atoms with Crippen molar-refractivity contribution in [3.8, 4) is 45.4 Å². The van der Waals surface area contributed by atoms with Gasteiger partial charge in [0.15, 0.2) is 11.3 Å². The van der Waals surface area contributed by atoms with E-state index in [-0.39, 0.29) is 71.8 Å². The Morgan fingerprint density at radius 1 is 0.538 bits per heavy atom. The minimum absolute atomic E-state index is 0.0797. The number of halogens is 2. The minimum Gasteiger partial charge on any atom is -0.871 e. The summed E-state index contributed by atoms with van der Waals surface area (Å²) in [4.78, 5) is 43.5. The van der Waals surface area contributed by atoms with Crippen molar-refractivity contribution in [1.82, 2.24) is 0 Å². The standard InChI is InChI=1S/C58H67Cl2N3O15.3C4H12N/c1-37-4-9-44-47(32-37)75-24-18-63(19-25-76-48-33-38(2)5-10-45(48)62-16-22-73-29-27-71-20-14-61(44)15-21-72-28-30-74-23-17-62)46-11-6-39(36-49(46)77-31-26-70-3)52-42-34-40(7-12-50(64)65)55(68)53(59)57(42)78-58-43(52)35-41(8-13-51(66)67)56(69)54(58)60;3*1-5(2,3)4/h4-6,9-11,32-36,68H,7-8,12-31H2,1-3H3,(H,64,65)(H,66,67);3*1-4H3/q;3*+1/p-3. The van der Waals surface area contributed by atoms with Crippen molar-refractivity contribution in [2.24, 2.45) is 0 Å². The largest absolute Gasteiger partial charge is 0.871 e. The van der Waals surface area contributed by atoms with E-state index in [0.29, 0.717) is 137 Å². The van der Waals surface area contributed by atoms with Gasteiger partial charge >= 0.3 is 0 Å². The summed E-state index contributed by atoms with van der Waals surface area (Å²) in [6, 6.07) is 20.8. The third-order valence-corrected chi connectivity index (χ3v) is 14.2. The van der Waals surface area contributed by atoms with Crippen LogP contribution in [0.2, 0.25) is 10.0 Å². The molecule has 4 aromatic carbocycles. The zero-order valence-corrected chi connectivity index (χ0v) is 59.0. The molecule has 93 heavy (non-hydrogen) atoms. The van der Waals surface area contributed by atoms with E-state index in [1.165, 1.54) is 12.1 Å². The summed E-state index contributed by atoms with van der Waals surface area (Å²) in [6.07, 6.45) is -1.34. The van der Waals surface area contributed by atoms with Gasteiger partial charge in [0.25, 0.3) is 0 Å². The number of hydrogen-bond donors (Lipinski definition) is 0. The summed E-state index contributed by atoms with van der Waals surface area (Å²) in [5.41, 5.74) is 5.00. The number of anilines is 3. The van der Waals surface area contributed by atoms with Crippen LogP contribution in [0, 0.1) is 13.8 Å². The smallest absolute Gasteiger partial charge is 0.204 e. The van der Waals surface area contributed by atoms with Crippen molar-refractivity contribution in [2.75, 3.05) is 225 Å². The number of methoxy groups -OCH3 is 1. The van der Waals surface area contributed by atoms with E-state index in [1.54, 1.807) is 13.2 Å². The van der Waals surface area contributed by atoms with Crippen molar-refractivity contribution < 1.29 is 80.7 Å². The van der Waals surface area contributed by atoms with Gasteiger partial charge in [0.2, 0.25) is 5.43 Å². The van der Waals surface area contributed by atoms with Gasteiger partial charge in [-0.3, -0.25) is 4.79 Å². The van der Waals surface area contributed by atoms with Crippen LogP contribution in [0.4, 0.5) is 17.1 Å². The molecule has 0 spiro atoms. The Balaban J connectivity index is 0.000000938. The van der Waals surface area contributed by atoms with E-state index < -0.39 is 36.0 Å². The van der Waals surface area contributed by atoms with Crippen molar-refractivity contribution >= 4 is 63.2 Å². The van der Waals surface area contributed by atoms with Crippen LogP contribution < -0.4 is 49.7 Å². The second kappa shape index (κ2) is 36.9. The van der Waals surface area contributed by atoms with Crippen LogP contribution in [0.3, 0.4) is 0 Å². The monoisotopic (exact) mass is 1330 g/mol. The van der Waals surface area contributed by atoms with Crippen LogP contribution >= 0.6 is 23.2 Å². The Morgan fingerprint density at radius 2 is 0.957 bits per heavy atom. The summed E-state index contributed by atoms with van der Waals surface area (Å²) in [7, 11) is 27.1. The quantitative estimate of drug-likeness (QED) is 0.0546. The van der Waals surface area contributed by atoms with Gasteiger partial charge in [-0.2, -0.15) is 0 Å². The van der Waals surface area contributed by atoms with Crippen LogP contribution in [0.5, 0.6) is 23.0 Å². The highest BCUT2D eigenvalue weighted by Gasteiger charge is 2.28. The van der Waals surface area contributed by atoms with Crippen LogP contribution in [-0.2, 0) is 46.1 Å². The fourth-order valence-electron chi connectivity index (χ4n) is 9.52. The van der Waals surface area contributed by atoms with Crippen LogP contribution in [-0.4, -0.2) is 236 Å². The molecule has 0 N–H and O–H groups in total. The van der Waals surface area contributed by atoms with Gasteiger partial charge in [-0.1, -0.05) is 52.7 Å². The number of nitrogens with zero attached hydrogens (tertiary/aromatic N) is 6.